The van der Waals surface area contributed by atoms with E-state index in [0.717, 1.165) is 4.60 Å². The minimum atomic E-state index is 0.473. The number of H-pyrrole nitrogens is 1. The van der Waals surface area contributed by atoms with Crippen LogP contribution >= 0.6 is 15.9 Å². The number of nitrogens with one attached hydrogen (secondary N) is 1. The molecule has 4 heterocycles. The largest absolute Gasteiger partial charge is 0.384 e. The van der Waals surface area contributed by atoms with Crippen molar-refractivity contribution in [2.75, 3.05) is 11.5 Å². The summed E-state index contributed by atoms with van der Waals surface area (Å²) in [7, 11) is 3.61. The number of nitrogen functional groups attached to an aromatic ring is 2. The highest BCUT2D eigenvalue weighted by molar-refractivity contribution is 9.10. The molecular formula is C12H17BrN12. The average Bonchev–Trinajstić information content (AvgIpc) is 3.33. The van der Waals surface area contributed by atoms with Gasteiger partial charge in [0.25, 0.3) is 0 Å². The van der Waals surface area contributed by atoms with Gasteiger partial charge in [0.05, 0.1) is 18.6 Å². The number of hydrogen-bond acceptors (Lipinski definition) is 8. The van der Waals surface area contributed by atoms with Crippen LogP contribution in [0.25, 0.3) is 5.82 Å². The molecule has 4 aromatic rings. The lowest BCUT2D eigenvalue weighted by Gasteiger charge is -1.90. The van der Waals surface area contributed by atoms with E-state index < -0.39 is 0 Å². The fourth-order valence-electron chi connectivity index (χ4n) is 1.49. The molecule has 0 radical (unpaired) electrons. The SMILES string of the molecule is Cn1cc(-n2ccc(N)n2)nn1.Cn1cc(Br)nn1.Nc1ccn[nH]1. The summed E-state index contributed by atoms with van der Waals surface area (Å²) in [6, 6.07) is 3.40. The number of aromatic nitrogens is 10. The van der Waals surface area contributed by atoms with Crippen molar-refractivity contribution in [2.45, 2.75) is 0 Å². The van der Waals surface area contributed by atoms with E-state index in [1.54, 1.807) is 58.0 Å². The second kappa shape index (κ2) is 8.58. The van der Waals surface area contributed by atoms with Gasteiger partial charge >= 0.3 is 0 Å². The third kappa shape index (κ3) is 6.06. The van der Waals surface area contributed by atoms with Gasteiger partial charge in [0.2, 0.25) is 0 Å². The zero-order valence-electron chi connectivity index (χ0n) is 13.5. The van der Waals surface area contributed by atoms with E-state index in [2.05, 4.69) is 51.9 Å². The molecule has 0 aliphatic heterocycles. The van der Waals surface area contributed by atoms with Crippen LogP contribution in [0, 0.1) is 0 Å². The van der Waals surface area contributed by atoms with E-state index in [0.29, 0.717) is 17.5 Å². The first-order valence-electron chi connectivity index (χ1n) is 6.88. The van der Waals surface area contributed by atoms with Gasteiger partial charge in [-0.05, 0) is 22.0 Å². The molecule has 0 saturated carbocycles. The summed E-state index contributed by atoms with van der Waals surface area (Å²) in [6.07, 6.45) is 6.88. The Kier molecular flexibility index (Phi) is 6.22. The molecule has 5 N–H and O–H groups in total. The minimum Gasteiger partial charge on any atom is -0.384 e. The molecule has 0 aromatic carbocycles. The van der Waals surface area contributed by atoms with Gasteiger partial charge in [-0.2, -0.15) is 5.10 Å². The van der Waals surface area contributed by atoms with E-state index in [1.165, 1.54) is 0 Å². The van der Waals surface area contributed by atoms with Crippen molar-refractivity contribution < 1.29 is 0 Å². The first kappa shape index (κ1) is 18.1. The Morgan fingerprint density at radius 3 is 2.08 bits per heavy atom. The standard InChI is InChI=1S/C6H8N6.C3H4BrN3.C3H5N3/c1-11-4-6(8-10-11)12-3-2-5(7)9-12;1-7-2-3(4)5-6-7;4-3-1-2-5-6-3/h2-4H,1H3,(H2,7,9);2H,1H3;1-2H,(H3,4,5,6). The number of hydrogen-bond donors (Lipinski definition) is 3. The van der Waals surface area contributed by atoms with Crippen molar-refractivity contribution in [2.24, 2.45) is 14.1 Å². The third-order valence-electron chi connectivity index (χ3n) is 2.53. The van der Waals surface area contributed by atoms with Gasteiger partial charge in [0.15, 0.2) is 5.82 Å². The van der Waals surface area contributed by atoms with E-state index in [-0.39, 0.29) is 0 Å². The third-order valence-corrected chi connectivity index (χ3v) is 2.90. The van der Waals surface area contributed by atoms with Crippen LogP contribution in [0.4, 0.5) is 11.6 Å². The zero-order chi connectivity index (χ0) is 18.2. The van der Waals surface area contributed by atoms with Gasteiger partial charge in [0.1, 0.15) is 16.2 Å². The molecule has 25 heavy (non-hydrogen) atoms. The van der Waals surface area contributed by atoms with Gasteiger partial charge in [-0.15, -0.1) is 15.3 Å². The van der Waals surface area contributed by atoms with Gasteiger partial charge in [-0.1, -0.05) is 10.4 Å². The lowest BCUT2D eigenvalue weighted by molar-refractivity contribution is 0.712. The van der Waals surface area contributed by atoms with Gasteiger partial charge in [0, 0.05) is 26.4 Å². The van der Waals surface area contributed by atoms with Crippen LogP contribution < -0.4 is 11.5 Å². The molecule has 132 valence electrons. The predicted molar refractivity (Wildman–Crippen MR) is 94.2 cm³/mol. The van der Waals surface area contributed by atoms with E-state index >= 15 is 0 Å². The maximum absolute atomic E-state index is 5.44. The topological polar surface area (TPSA) is 160 Å². The van der Waals surface area contributed by atoms with Crippen LogP contribution in [0.15, 0.2) is 41.5 Å². The van der Waals surface area contributed by atoms with Crippen molar-refractivity contribution in [1.82, 2.24) is 50.0 Å². The summed E-state index contributed by atoms with van der Waals surface area (Å²) in [4.78, 5) is 0. The number of rotatable bonds is 1. The van der Waals surface area contributed by atoms with Crippen LogP contribution in [0.5, 0.6) is 0 Å². The van der Waals surface area contributed by atoms with Gasteiger partial charge in [-0.3, -0.25) is 14.5 Å². The highest BCUT2D eigenvalue weighted by Gasteiger charge is 2.01. The lowest BCUT2D eigenvalue weighted by Crippen LogP contribution is -1.96. The molecule has 0 unspecified atom stereocenters. The average molecular weight is 409 g/mol. The fourth-order valence-corrected chi connectivity index (χ4v) is 1.86. The lowest BCUT2D eigenvalue weighted by atomic mass is 10.6. The Balaban J connectivity index is 0.000000148. The first-order valence-corrected chi connectivity index (χ1v) is 7.68. The Morgan fingerprint density at radius 2 is 1.76 bits per heavy atom. The number of aryl methyl sites for hydroxylation is 2. The quantitative estimate of drug-likeness (QED) is 0.401. The summed E-state index contributed by atoms with van der Waals surface area (Å²) < 4.78 is 5.58. The highest BCUT2D eigenvalue weighted by atomic mass is 79.9. The second-order valence-electron chi connectivity index (χ2n) is 4.66. The molecule has 0 saturated heterocycles. The smallest absolute Gasteiger partial charge is 0.195 e. The molecule has 0 amide bonds. The molecule has 0 fully saturated rings. The van der Waals surface area contributed by atoms with Crippen LogP contribution in [-0.2, 0) is 14.1 Å². The Labute approximate surface area is 150 Å². The number of nitrogens with zero attached hydrogens (tertiary/aromatic N) is 9. The van der Waals surface area contributed by atoms with Crippen LogP contribution in [0.1, 0.15) is 0 Å². The molecule has 4 rings (SSSR count). The van der Waals surface area contributed by atoms with E-state index in [1.807, 2.05) is 7.05 Å². The maximum Gasteiger partial charge on any atom is 0.195 e. The Morgan fingerprint density at radius 1 is 1.04 bits per heavy atom. The number of halogens is 1. The number of anilines is 2. The van der Waals surface area contributed by atoms with Crippen LogP contribution in [-0.4, -0.2) is 50.0 Å². The normalized spacial score (nSPS) is 9.72. The molecule has 0 aliphatic carbocycles. The molecule has 0 atom stereocenters. The van der Waals surface area contributed by atoms with E-state index in [4.69, 9.17) is 11.5 Å². The van der Waals surface area contributed by atoms with E-state index in [9.17, 15) is 0 Å². The highest BCUT2D eigenvalue weighted by Crippen LogP contribution is 2.02. The minimum absolute atomic E-state index is 0.473. The molecular weight excluding hydrogens is 392 g/mol. The van der Waals surface area contributed by atoms with Crippen molar-refractivity contribution in [3.63, 3.8) is 0 Å². The van der Waals surface area contributed by atoms with Crippen molar-refractivity contribution in [3.05, 3.63) is 41.5 Å². The van der Waals surface area contributed by atoms with Gasteiger partial charge in [-0.25, -0.2) is 4.68 Å². The molecule has 0 spiro atoms. The Hall–Kier alpha value is -3.22. The predicted octanol–water partition coefficient (Wildman–Crippen LogP) is 0.152. The molecule has 0 aliphatic rings. The second-order valence-corrected chi connectivity index (χ2v) is 5.47. The van der Waals surface area contributed by atoms with Crippen molar-refractivity contribution in [1.29, 1.82) is 0 Å². The molecule has 0 bridgehead atoms. The Bertz CT molecular complexity index is 819. The van der Waals surface area contributed by atoms with Crippen molar-refractivity contribution >= 4 is 27.6 Å². The maximum atomic E-state index is 5.44. The van der Waals surface area contributed by atoms with Crippen molar-refractivity contribution in [3.8, 4) is 5.82 Å². The number of nitrogens with two attached hydrogens (primary N) is 2. The van der Waals surface area contributed by atoms with Crippen LogP contribution in [0.2, 0.25) is 0 Å². The van der Waals surface area contributed by atoms with Crippen LogP contribution in [0.3, 0.4) is 0 Å². The monoisotopic (exact) mass is 408 g/mol. The first-order chi connectivity index (χ1) is 11.9. The summed E-state index contributed by atoms with van der Waals surface area (Å²) in [6.45, 7) is 0. The zero-order valence-corrected chi connectivity index (χ0v) is 15.1. The summed E-state index contributed by atoms with van der Waals surface area (Å²) in [5.74, 6) is 1.74. The van der Waals surface area contributed by atoms with Gasteiger partial charge < -0.3 is 11.5 Å². The molecule has 12 nitrogen and oxygen atoms in total. The summed E-state index contributed by atoms with van der Waals surface area (Å²) >= 11 is 3.14. The molecule has 13 heteroatoms. The number of aromatic amines is 1. The molecule has 4 aromatic heterocycles. The summed E-state index contributed by atoms with van der Waals surface area (Å²) in [5, 5.41) is 25.0. The summed E-state index contributed by atoms with van der Waals surface area (Å²) in [5.41, 5.74) is 10.6. The fraction of sp³-hybridized carbons (Fsp3) is 0.167.